The molecule has 1 aromatic heterocycles. The van der Waals surface area contributed by atoms with E-state index >= 15 is 0 Å². The van der Waals surface area contributed by atoms with Crippen molar-refractivity contribution in [2.24, 2.45) is 13.0 Å². The first-order valence-corrected chi connectivity index (χ1v) is 9.36. The number of alkyl halides is 3. The first-order valence-electron chi connectivity index (χ1n) is 9.36. The first-order chi connectivity index (χ1) is 13.1. The lowest BCUT2D eigenvalue weighted by atomic mass is 9.88. The number of aryl methyl sites for hydroxylation is 1. The quantitative estimate of drug-likeness (QED) is 0.814. The van der Waals surface area contributed by atoms with Crippen LogP contribution in [0.15, 0.2) is 36.7 Å². The van der Waals surface area contributed by atoms with Gasteiger partial charge in [0.25, 0.3) is 0 Å². The van der Waals surface area contributed by atoms with Crippen LogP contribution in [0.3, 0.4) is 0 Å². The normalized spacial score (nSPS) is 20.1. The van der Waals surface area contributed by atoms with Crippen LogP contribution in [-0.2, 0) is 18.8 Å². The fraction of sp³-hybridized carbons (Fsp3) is 0.550. The fourth-order valence-corrected chi connectivity index (χ4v) is 3.86. The van der Waals surface area contributed by atoms with E-state index < -0.39 is 23.4 Å². The van der Waals surface area contributed by atoms with Gasteiger partial charge in [-0.25, -0.2) is 4.98 Å². The number of benzene rings is 1. The Morgan fingerprint density at radius 3 is 2.43 bits per heavy atom. The van der Waals surface area contributed by atoms with Crippen LogP contribution in [0.25, 0.3) is 0 Å². The number of aromatic nitrogens is 2. The summed E-state index contributed by atoms with van der Waals surface area (Å²) in [5, 5.41) is 21.4. The number of aliphatic hydroxyl groups excluding tert-OH is 1. The highest BCUT2D eigenvalue weighted by atomic mass is 19.4. The van der Waals surface area contributed by atoms with Crippen molar-refractivity contribution >= 4 is 0 Å². The molecule has 2 atom stereocenters. The number of hydrogen-bond donors (Lipinski definition) is 2. The molecule has 1 saturated heterocycles. The molecule has 0 amide bonds. The van der Waals surface area contributed by atoms with Gasteiger partial charge in [0.2, 0.25) is 0 Å². The number of aliphatic hydroxyl groups is 2. The number of imidazole rings is 1. The number of β-amino-alcohol motifs (C(OH)–C–C–N with tert-alkyl or cyclic N) is 1. The average Bonchev–Trinajstić information content (AvgIpc) is 3.07. The Morgan fingerprint density at radius 1 is 1.21 bits per heavy atom. The van der Waals surface area contributed by atoms with Gasteiger partial charge >= 0.3 is 6.18 Å². The van der Waals surface area contributed by atoms with Gasteiger partial charge in [-0.15, -0.1) is 0 Å². The summed E-state index contributed by atoms with van der Waals surface area (Å²) in [6.45, 7) is 3.08. The van der Waals surface area contributed by atoms with Crippen molar-refractivity contribution in [2.75, 3.05) is 19.6 Å². The molecule has 2 heterocycles. The zero-order valence-corrected chi connectivity index (χ0v) is 16.0. The van der Waals surface area contributed by atoms with E-state index in [1.54, 1.807) is 17.0 Å². The van der Waals surface area contributed by atoms with E-state index in [0.717, 1.165) is 25.0 Å². The van der Waals surface area contributed by atoms with Gasteiger partial charge in [-0.05, 0) is 56.5 Å². The number of rotatable bonds is 5. The van der Waals surface area contributed by atoms with Crippen molar-refractivity contribution in [3.8, 4) is 0 Å². The lowest BCUT2D eigenvalue weighted by Gasteiger charge is -2.38. The van der Waals surface area contributed by atoms with Crippen molar-refractivity contribution in [2.45, 2.75) is 37.6 Å². The molecule has 0 spiro atoms. The Kier molecular flexibility index (Phi) is 5.84. The Labute approximate surface area is 162 Å². The minimum absolute atomic E-state index is 0.0656. The van der Waals surface area contributed by atoms with E-state index in [-0.39, 0.29) is 18.0 Å². The second kappa shape index (κ2) is 7.85. The minimum Gasteiger partial charge on any atom is -0.385 e. The maximum Gasteiger partial charge on any atom is 0.416 e. The molecule has 0 saturated carbocycles. The molecule has 3 rings (SSSR count). The van der Waals surface area contributed by atoms with Crippen LogP contribution in [0.1, 0.15) is 42.8 Å². The summed E-state index contributed by atoms with van der Waals surface area (Å²) in [5.74, 6) is 0.699. The van der Waals surface area contributed by atoms with Gasteiger partial charge in [0.15, 0.2) is 0 Å². The summed E-state index contributed by atoms with van der Waals surface area (Å²) in [7, 11) is 1.84. The van der Waals surface area contributed by atoms with Gasteiger partial charge in [-0.3, -0.25) is 0 Å². The van der Waals surface area contributed by atoms with Crippen LogP contribution < -0.4 is 0 Å². The van der Waals surface area contributed by atoms with Crippen molar-refractivity contribution in [3.05, 3.63) is 53.6 Å². The maximum atomic E-state index is 13.0. The number of hydrogen-bond acceptors (Lipinski definition) is 4. The average molecular weight is 397 g/mol. The molecule has 8 heteroatoms. The zero-order valence-electron chi connectivity index (χ0n) is 16.0. The molecule has 28 heavy (non-hydrogen) atoms. The predicted octanol–water partition coefficient (Wildman–Crippen LogP) is 3.09. The molecule has 0 bridgehead atoms. The van der Waals surface area contributed by atoms with Crippen molar-refractivity contribution in [3.63, 3.8) is 0 Å². The van der Waals surface area contributed by atoms with Gasteiger partial charge in [0, 0.05) is 26.0 Å². The molecule has 2 aromatic rings. The lowest BCUT2D eigenvalue weighted by Crippen LogP contribution is -2.44. The smallest absolute Gasteiger partial charge is 0.385 e. The topological polar surface area (TPSA) is 61.5 Å². The molecule has 0 radical (unpaired) electrons. The Bertz CT molecular complexity index is 796. The summed E-state index contributed by atoms with van der Waals surface area (Å²) in [6.07, 6.45) is -0.184. The number of nitrogens with zero attached hydrogens (tertiary/aromatic N) is 3. The van der Waals surface area contributed by atoms with Gasteiger partial charge in [-0.2, -0.15) is 13.2 Å². The van der Waals surface area contributed by atoms with E-state index in [2.05, 4.69) is 4.98 Å². The van der Waals surface area contributed by atoms with Crippen LogP contribution in [0.5, 0.6) is 0 Å². The monoisotopic (exact) mass is 397 g/mol. The maximum absolute atomic E-state index is 13.0. The number of likely N-dealkylation sites (tertiary alicyclic amines) is 1. The fourth-order valence-electron chi connectivity index (χ4n) is 3.86. The van der Waals surface area contributed by atoms with Crippen LogP contribution >= 0.6 is 0 Å². The van der Waals surface area contributed by atoms with Crippen LogP contribution in [0.2, 0.25) is 0 Å². The molecule has 1 aliphatic rings. The third-order valence-corrected chi connectivity index (χ3v) is 5.55. The Balaban J connectivity index is 1.61. The Morgan fingerprint density at radius 2 is 1.86 bits per heavy atom. The van der Waals surface area contributed by atoms with Crippen molar-refractivity contribution < 1.29 is 23.4 Å². The summed E-state index contributed by atoms with van der Waals surface area (Å²) in [6, 6.07) is 4.86. The number of piperidine rings is 1. The van der Waals surface area contributed by atoms with E-state index in [9.17, 15) is 23.4 Å². The second-order valence-electron chi connectivity index (χ2n) is 7.81. The SMILES string of the molecule is Cn1ccnc1[C@H](O)C1CCN(C[C@@](C)(O)c2cccc(C(F)(F)F)c2)CC1. The summed E-state index contributed by atoms with van der Waals surface area (Å²) in [5.41, 5.74) is -1.91. The second-order valence-corrected chi connectivity index (χ2v) is 7.81. The van der Waals surface area contributed by atoms with Gasteiger partial charge in [0.1, 0.15) is 11.9 Å². The van der Waals surface area contributed by atoms with Gasteiger partial charge in [0.05, 0.1) is 11.2 Å². The molecule has 1 fully saturated rings. The highest BCUT2D eigenvalue weighted by molar-refractivity contribution is 5.29. The third-order valence-electron chi connectivity index (χ3n) is 5.55. The summed E-state index contributed by atoms with van der Waals surface area (Å²) < 4.78 is 40.7. The largest absolute Gasteiger partial charge is 0.416 e. The molecule has 0 unspecified atom stereocenters. The molecule has 1 aliphatic heterocycles. The summed E-state index contributed by atoms with van der Waals surface area (Å²) in [4.78, 5) is 6.23. The molecule has 5 nitrogen and oxygen atoms in total. The van der Waals surface area contributed by atoms with E-state index in [0.29, 0.717) is 18.9 Å². The Hall–Kier alpha value is -1.90. The number of halogens is 3. The lowest BCUT2D eigenvalue weighted by molar-refractivity contribution is -0.137. The predicted molar refractivity (Wildman–Crippen MR) is 98.3 cm³/mol. The van der Waals surface area contributed by atoms with E-state index in [4.69, 9.17) is 0 Å². The standard InChI is InChI=1S/C20H26F3N3O2/c1-19(28,15-4-3-5-16(12-15)20(21,22)23)13-26-9-6-14(7-10-26)17(27)18-24-8-11-25(18)2/h3-5,8,11-12,14,17,27-28H,6-7,9-10,13H2,1-2H3/t17-,19-/m1/s1. The van der Waals surface area contributed by atoms with Crippen molar-refractivity contribution in [1.29, 1.82) is 0 Å². The highest BCUT2D eigenvalue weighted by Gasteiger charge is 2.35. The van der Waals surface area contributed by atoms with Crippen molar-refractivity contribution in [1.82, 2.24) is 14.5 Å². The third kappa shape index (κ3) is 4.56. The van der Waals surface area contributed by atoms with Crippen LogP contribution in [0, 0.1) is 5.92 Å². The minimum atomic E-state index is -4.44. The van der Waals surface area contributed by atoms with Crippen LogP contribution in [-0.4, -0.2) is 44.3 Å². The summed E-state index contributed by atoms with van der Waals surface area (Å²) >= 11 is 0. The molecule has 1 aromatic carbocycles. The molecular weight excluding hydrogens is 371 g/mol. The molecular formula is C20H26F3N3O2. The van der Waals surface area contributed by atoms with Gasteiger partial charge < -0.3 is 19.7 Å². The molecule has 154 valence electrons. The molecule has 2 N–H and O–H groups in total. The van der Waals surface area contributed by atoms with Crippen LogP contribution in [0.4, 0.5) is 13.2 Å². The van der Waals surface area contributed by atoms with E-state index in [1.165, 1.54) is 19.1 Å². The molecule has 0 aliphatic carbocycles. The van der Waals surface area contributed by atoms with E-state index in [1.807, 2.05) is 11.9 Å². The first kappa shape index (κ1) is 20.8. The zero-order chi connectivity index (χ0) is 20.5. The highest BCUT2D eigenvalue weighted by Crippen LogP contribution is 2.34. The van der Waals surface area contributed by atoms with Gasteiger partial charge in [-0.1, -0.05) is 12.1 Å².